The van der Waals surface area contributed by atoms with Crippen LogP contribution in [0.3, 0.4) is 0 Å². The second-order valence-corrected chi connectivity index (χ2v) is 7.00. The van der Waals surface area contributed by atoms with E-state index in [0.717, 1.165) is 19.1 Å². The number of piperidine rings is 1. The lowest BCUT2D eigenvalue weighted by Gasteiger charge is -2.31. The SMILES string of the molecule is Cn1nc(N2CCC(CO)CC2)c(S(C)(=O)=O)c1N. The molecule has 2 rings (SSSR count). The van der Waals surface area contributed by atoms with Crippen LogP contribution in [-0.4, -0.2) is 49.3 Å². The van der Waals surface area contributed by atoms with Gasteiger partial charge >= 0.3 is 0 Å². The van der Waals surface area contributed by atoms with Crippen molar-refractivity contribution in [2.24, 2.45) is 13.0 Å². The number of aliphatic hydroxyl groups is 1. The molecule has 0 amide bonds. The van der Waals surface area contributed by atoms with Crippen molar-refractivity contribution in [3.05, 3.63) is 0 Å². The minimum Gasteiger partial charge on any atom is -0.396 e. The average Bonchev–Trinajstić information content (AvgIpc) is 2.65. The fourth-order valence-corrected chi connectivity index (χ4v) is 3.41. The predicted molar refractivity (Wildman–Crippen MR) is 72.8 cm³/mol. The molecule has 19 heavy (non-hydrogen) atoms. The summed E-state index contributed by atoms with van der Waals surface area (Å²) in [6.07, 6.45) is 2.80. The second-order valence-electron chi connectivity index (χ2n) is 5.05. The van der Waals surface area contributed by atoms with Gasteiger partial charge in [-0.2, -0.15) is 5.10 Å². The number of nitrogen functional groups attached to an aromatic ring is 1. The van der Waals surface area contributed by atoms with Gasteiger partial charge < -0.3 is 15.7 Å². The standard InChI is InChI=1S/C11H20N4O3S/c1-14-10(12)9(19(2,17)18)11(13-14)15-5-3-8(7-16)4-6-15/h8,16H,3-7,12H2,1-2H3. The molecule has 0 spiro atoms. The Hall–Kier alpha value is -1.28. The Bertz CT molecular complexity index is 559. The second kappa shape index (κ2) is 5.01. The van der Waals surface area contributed by atoms with Gasteiger partial charge in [0.2, 0.25) is 0 Å². The van der Waals surface area contributed by atoms with Crippen LogP contribution in [0.5, 0.6) is 0 Å². The Kier molecular flexibility index (Phi) is 3.73. The van der Waals surface area contributed by atoms with Crippen molar-refractivity contribution < 1.29 is 13.5 Å². The molecule has 0 atom stereocenters. The van der Waals surface area contributed by atoms with E-state index in [2.05, 4.69) is 5.10 Å². The van der Waals surface area contributed by atoms with E-state index in [4.69, 9.17) is 10.8 Å². The van der Waals surface area contributed by atoms with Gasteiger partial charge in [-0.1, -0.05) is 0 Å². The number of hydrogen-bond donors (Lipinski definition) is 2. The first-order valence-electron chi connectivity index (χ1n) is 6.23. The fraction of sp³-hybridized carbons (Fsp3) is 0.727. The van der Waals surface area contributed by atoms with Crippen molar-refractivity contribution >= 4 is 21.5 Å². The Morgan fingerprint density at radius 3 is 2.47 bits per heavy atom. The van der Waals surface area contributed by atoms with E-state index in [9.17, 15) is 8.42 Å². The topological polar surface area (TPSA) is 101 Å². The molecule has 0 radical (unpaired) electrons. The van der Waals surface area contributed by atoms with Gasteiger partial charge in [0.1, 0.15) is 5.82 Å². The number of nitrogens with zero attached hydrogens (tertiary/aromatic N) is 3. The monoisotopic (exact) mass is 288 g/mol. The summed E-state index contributed by atoms with van der Waals surface area (Å²) in [7, 11) is -1.78. The van der Waals surface area contributed by atoms with Gasteiger partial charge in [0.15, 0.2) is 20.6 Å². The minimum absolute atomic E-state index is 0.109. The van der Waals surface area contributed by atoms with Crippen LogP contribution in [0.2, 0.25) is 0 Å². The normalized spacial score (nSPS) is 17.9. The van der Waals surface area contributed by atoms with Gasteiger partial charge in [0, 0.05) is 33.0 Å². The number of anilines is 2. The largest absolute Gasteiger partial charge is 0.396 e. The van der Waals surface area contributed by atoms with Crippen LogP contribution in [0, 0.1) is 5.92 Å². The van der Waals surface area contributed by atoms with E-state index in [0.29, 0.717) is 24.8 Å². The molecule has 1 aromatic heterocycles. The highest BCUT2D eigenvalue weighted by atomic mass is 32.2. The maximum atomic E-state index is 11.9. The lowest BCUT2D eigenvalue weighted by molar-refractivity contribution is 0.202. The van der Waals surface area contributed by atoms with Crippen LogP contribution in [0.4, 0.5) is 11.6 Å². The number of rotatable bonds is 3. The lowest BCUT2D eigenvalue weighted by Crippen LogP contribution is -2.35. The lowest BCUT2D eigenvalue weighted by atomic mass is 9.98. The van der Waals surface area contributed by atoms with Gasteiger partial charge in [-0.3, -0.25) is 0 Å². The summed E-state index contributed by atoms with van der Waals surface area (Å²) in [5.41, 5.74) is 5.80. The zero-order chi connectivity index (χ0) is 14.2. The number of aromatic nitrogens is 2. The fourth-order valence-electron chi connectivity index (χ4n) is 2.39. The summed E-state index contributed by atoms with van der Waals surface area (Å²) >= 11 is 0. The van der Waals surface area contributed by atoms with Crippen LogP contribution >= 0.6 is 0 Å². The maximum absolute atomic E-state index is 11.9. The van der Waals surface area contributed by atoms with Gasteiger partial charge in [-0.05, 0) is 18.8 Å². The van der Waals surface area contributed by atoms with E-state index < -0.39 is 9.84 Å². The van der Waals surface area contributed by atoms with E-state index in [1.54, 1.807) is 7.05 Å². The van der Waals surface area contributed by atoms with E-state index in [1.807, 2.05) is 4.90 Å². The smallest absolute Gasteiger partial charge is 0.182 e. The van der Waals surface area contributed by atoms with Crippen molar-refractivity contribution in [1.82, 2.24) is 9.78 Å². The Morgan fingerprint density at radius 1 is 1.42 bits per heavy atom. The van der Waals surface area contributed by atoms with Crippen molar-refractivity contribution in [3.8, 4) is 0 Å². The third-order valence-corrected chi connectivity index (χ3v) is 4.71. The van der Waals surface area contributed by atoms with Crippen molar-refractivity contribution in [1.29, 1.82) is 0 Å². The third kappa shape index (κ3) is 2.69. The molecular weight excluding hydrogens is 268 g/mol. The molecule has 108 valence electrons. The molecule has 1 aromatic rings. The molecule has 0 bridgehead atoms. The highest BCUT2D eigenvalue weighted by molar-refractivity contribution is 7.91. The third-order valence-electron chi connectivity index (χ3n) is 3.57. The summed E-state index contributed by atoms with van der Waals surface area (Å²) in [4.78, 5) is 2.04. The van der Waals surface area contributed by atoms with E-state index >= 15 is 0 Å². The number of hydrogen-bond acceptors (Lipinski definition) is 6. The highest BCUT2D eigenvalue weighted by Crippen LogP contribution is 2.31. The van der Waals surface area contributed by atoms with Crippen molar-refractivity contribution in [2.75, 3.05) is 36.6 Å². The summed E-state index contributed by atoms with van der Waals surface area (Å²) in [6.45, 7) is 1.55. The number of aliphatic hydroxyl groups excluding tert-OH is 1. The maximum Gasteiger partial charge on any atom is 0.182 e. The first-order valence-corrected chi connectivity index (χ1v) is 8.12. The molecule has 1 saturated heterocycles. The van der Waals surface area contributed by atoms with Crippen LogP contribution in [0.25, 0.3) is 0 Å². The van der Waals surface area contributed by atoms with Crippen LogP contribution in [0.15, 0.2) is 4.90 Å². The summed E-state index contributed by atoms with van der Waals surface area (Å²) in [5, 5.41) is 13.4. The first-order chi connectivity index (χ1) is 8.84. The van der Waals surface area contributed by atoms with Crippen molar-refractivity contribution in [3.63, 3.8) is 0 Å². The summed E-state index contributed by atoms with van der Waals surface area (Å²) < 4.78 is 25.1. The Balaban J connectivity index is 2.34. The number of aryl methyl sites for hydroxylation is 1. The Morgan fingerprint density at radius 2 is 2.00 bits per heavy atom. The molecular formula is C11H20N4O3S. The molecule has 8 heteroatoms. The summed E-state index contributed by atoms with van der Waals surface area (Å²) in [5.74, 6) is 0.889. The molecule has 0 saturated carbocycles. The minimum atomic E-state index is -3.41. The van der Waals surface area contributed by atoms with Gasteiger partial charge in [-0.25, -0.2) is 13.1 Å². The van der Waals surface area contributed by atoms with Crippen LogP contribution < -0.4 is 10.6 Å². The molecule has 0 unspecified atom stereocenters. The van der Waals surface area contributed by atoms with Crippen LogP contribution in [-0.2, 0) is 16.9 Å². The average molecular weight is 288 g/mol. The van der Waals surface area contributed by atoms with Crippen LogP contribution in [0.1, 0.15) is 12.8 Å². The molecule has 1 aliphatic heterocycles. The number of nitrogens with two attached hydrogens (primary N) is 1. The first kappa shape index (κ1) is 14.1. The van der Waals surface area contributed by atoms with Crippen molar-refractivity contribution in [2.45, 2.75) is 17.7 Å². The molecule has 0 aliphatic carbocycles. The molecule has 3 N–H and O–H groups in total. The highest BCUT2D eigenvalue weighted by Gasteiger charge is 2.29. The molecule has 7 nitrogen and oxygen atoms in total. The zero-order valence-electron chi connectivity index (χ0n) is 11.2. The zero-order valence-corrected chi connectivity index (χ0v) is 12.0. The van der Waals surface area contributed by atoms with E-state index in [1.165, 1.54) is 4.68 Å². The molecule has 0 aromatic carbocycles. The Labute approximate surface area is 112 Å². The molecule has 1 fully saturated rings. The molecule has 2 heterocycles. The summed E-state index contributed by atoms with van der Waals surface area (Å²) in [6, 6.07) is 0. The van der Waals surface area contributed by atoms with Gasteiger partial charge in [0.25, 0.3) is 0 Å². The van der Waals surface area contributed by atoms with Gasteiger partial charge in [0.05, 0.1) is 0 Å². The van der Waals surface area contributed by atoms with Gasteiger partial charge in [-0.15, -0.1) is 0 Å². The quantitative estimate of drug-likeness (QED) is 0.786. The predicted octanol–water partition coefficient (Wildman–Crippen LogP) is -0.385. The van der Waals surface area contributed by atoms with E-state index in [-0.39, 0.29) is 17.3 Å². The number of sulfone groups is 1. The molecule has 1 aliphatic rings.